The van der Waals surface area contributed by atoms with Crippen molar-refractivity contribution < 1.29 is 21.9 Å². The van der Waals surface area contributed by atoms with E-state index in [2.05, 4.69) is 52.9 Å². The number of aromatic amines is 1. The second kappa shape index (κ2) is 10.1. The third-order valence-electron chi connectivity index (χ3n) is 4.18. The zero-order chi connectivity index (χ0) is 17.5. The van der Waals surface area contributed by atoms with Crippen molar-refractivity contribution in [3.63, 3.8) is 0 Å². The molecule has 3 rings (SSSR count). The number of hydrogen-bond acceptors (Lipinski definition) is 3. The van der Waals surface area contributed by atoms with Crippen LogP contribution in [0.1, 0.15) is 25.0 Å². The van der Waals surface area contributed by atoms with Gasteiger partial charge in [-0.3, -0.25) is 0 Å². The normalized spacial score (nSPS) is 10.5. The second-order valence-corrected chi connectivity index (χ2v) is 5.93. The van der Waals surface area contributed by atoms with E-state index in [0.717, 1.165) is 31.0 Å². The van der Waals surface area contributed by atoms with Crippen LogP contribution in [0.25, 0.3) is 10.9 Å². The van der Waals surface area contributed by atoms with Crippen LogP contribution in [-0.4, -0.2) is 24.7 Å². The molecule has 0 saturated heterocycles. The number of halogens is 1. The molecule has 0 radical (unpaired) electrons. The van der Waals surface area contributed by atoms with Crippen molar-refractivity contribution >= 4 is 10.9 Å². The number of nitrogens with one attached hydrogen (secondary N) is 2. The maximum Gasteiger partial charge on any atom is 0.161 e. The number of rotatable bonds is 9. The van der Waals surface area contributed by atoms with E-state index in [0.29, 0.717) is 13.2 Å². The van der Waals surface area contributed by atoms with Crippen LogP contribution in [0, 0.1) is 0 Å². The number of para-hydroxylation sites is 1. The Morgan fingerprint density at radius 3 is 2.54 bits per heavy atom. The predicted octanol–water partition coefficient (Wildman–Crippen LogP) is 1.30. The number of H-pyrrole nitrogens is 1. The molecular weight excluding hydrogens is 348 g/mol. The highest BCUT2D eigenvalue weighted by Gasteiger charge is 2.06. The van der Waals surface area contributed by atoms with Crippen LogP contribution in [0.4, 0.5) is 0 Å². The van der Waals surface area contributed by atoms with Crippen LogP contribution in [0.3, 0.4) is 0 Å². The number of ether oxygens (including phenoxy) is 2. The Hall–Kier alpha value is -2.17. The highest BCUT2D eigenvalue weighted by molar-refractivity contribution is 5.83. The van der Waals surface area contributed by atoms with Gasteiger partial charge in [-0.25, -0.2) is 0 Å². The highest BCUT2D eigenvalue weighted by atomic mass is 35.5. The van der Waals surface area contributed by atoms with E-state index in [1.807, 2.05) is 19.9 Å². The minimum absolute atomic E-state index is 0. The van der Waals surface area contributed by atoms with Gasteiger partial charge in [0.25, 0.3) is 0 Å². The Morgan fingerprint density at radius 1 is 0.962 bits per heavy atom. The van der Waals surface area contributed by atoms with Crippen molar-refractivity contribution in [2.24, 2.45) is 0 Å². The Labute approximate surface area is 161 Å². The van der Waals surface area contributed by atoms with Gasteiger partial charge in [0.2, 0.25) is 0 Å². The molecule has 0 atom stereocenters. The average Bonchev–Trinajstić information content (AvgIpc) is 3.04. The molecule has 5 heteroatoms. The van der Waals surface area contributed by atoms with E-state index in [-0.39, 0.29) is 12.4 Å². The minimum Gasteiger partial charge on any atom is -1.00 e. The largest absolute Gasteiger partial charge is 1.00 e. The van der Waals surface area contributed by atoms with Gasteiger partial charge in [0.15, 0.2) is 11.5 Å². The summed E-state index contributed by atoms with van der Waals surface area (Å²) in [6, 6.07) is 14.6. The first-order valence-corrected chi connectivity index (χ1v) is 8.96. The summed E-state index contributed by atoms with van der Waals surface area (Å²) in [6.45, 7) is 6.99. The lowest BCUT2D eigenvalue weighted by molar-refractivity contribution is -0.00000610. The van der Waals surface area contributed by atoms with Gasteiger partial charge in [-0.05, 0) is 56.1 Å². The van der Waals surface area contributed by atoms with Crippen molar-refractivity contribution in [2.45, 2.75) is 26.8 Å². The van der Waals surface area contributed by atoms with Crippen LogP contribution < -0.4 is 27.2 Å². The molecular formula is C21H26ClN2O2-. The van der Waals surface area contributed by atoms with Crippen LogP contribution in [-0.2, 0) is 13.0 Å². The summed E-state index contributed by atoms with van der Waals surface area (Å²) in [5.74, 6) is 1.63. The Morgan fingerprint density at radius 2 is 1.73 bits per heavy atom. The fraction of sp³-hybridized carbons (Fsp3) is 0.333. The maximum atomic E-state index is 5.69. The van der Waals surface area contributed by atoms with E-state index < -0.39 is 0 Å². The molecule has 1 heterocycles. The molecule has 0 aliphatic carbocycles. The number of hydrogen-bond donors (Lipinski definition) is 2. The number of aromatic nitrogens is 1. The SMILES string of the molecule is CCOc1ccc(CNCCc2c[nH]c3ccccc23)cc1OCC.[Cl-]. The average molecular weight is 374 g/mol. The van der Waals surface area contributed by atoms with Gasteiger partial charge < -0.3 is 32.2 Å². The summed E-state index contributed by atoms with van der Waals surface area (Å²) < 4.78 is 11.3. The van der Waals surface area contributed by atoms with Crippen molar-refractivity contribution in [2.75, 3.05) is 19.8 Å². The zero-order valence-corrected chi connectivity index (χ0v) is 16.1. The molecule has 0 amide bonds. The molecule has 2 N–H and O–H groups in total. The standard InChI is InChI=1S/C21H26N2O2.ClH/c1-3-24-20-10-9-16(13-21(20)25-4-2)14-22-12-11-17-15-23-19-8-6-5-7-18(17)19;/h5-10,13,15,22-23H,3-4,11-12,14H2,1-2H3;1H/p-1. The van der Waals surface area contributed by atoms with E-state index in [4.69, 9.17) is 9.47 Å². The zero-order valence-electron chi connectivity index (χ0n) is 15.3. The van der Waals surface area contributed by atoms with Gasteiger partial charge in [-0.1, -0.05) is 24.3 Å². The topological polar surface area (TPSA) is 46.3 Å². The van der Waals surface area contributed by atoms with Crippen molar-refractivity contribution in [1.82, 2.24) is 10.3 Å². The van der Waals surface area contributed by atoms with Gasteiger partial charge >= 0.3 is 0 Å². The van der Waals surface area contributed by atoms with E-state index in [1.165, 1.54) is 22.0 Å². The summed E-state index contributed by atoms with van der Waals surface area (Å²) in [6.07, 6.45) is 3.11. The lowest BCUT2D eigenvalue weighted by Gasteiger charge is -2.12. The summed E-state index contributed by atoms with van der Waals surface area (Å²) in [4.78, 5) is 3.33. The number of benzene rings is 2. The first-order chi connectivity index (χ1) is 12.3. The molecule has 0 aliphatic rings. The Balaban J connectivity index is 0.00000243. The lowest BCUT2D eigenvalue weighted by Crippen LogP contribution is -3.00. The maximum absolute atomic E-state index is 5.69. The molecule has 0 bridgehead atoms. The third kappa shape index (κ3) is 4.93. The minimum atomic E-state index is 0. The molecule has 0 spiro atoms. The molecule has 140 valence electrons. The van der Waals surface area contributed by atoms with Gasteiger partial charge in [0.1, 0.15) is 0 Å². The molecule has 1 aromatic heterocycles. The Kier molecular flexibility index (Phi) is 7.82. The summed E-state index contributed by atoms with van der Waals surface area (Å²) in [5, 5.41) is 4.82. The fourth-order valence-electron chi connectivity index (χ4n) is 3.00. The second-order valence-electron chi connectivity index (χ2n) is 5.93. The predicted molar refractivity (Wildman–Crippen MR) is 102 cm³/mol. The van der Waals surface area contributed by atoms with E-state index in [1.54, 1.807) is 0 Å². The summed E-state index contributed by atoms with van der Waals surface area (Å²) >= 11 is 0. The van der Waals surface area contributed by atoms with E-state index >= 15 is 0 Å². The van der Waals surface area contributed by atoms with Gasteiger partial charge in [0.05, 0.1) is 13.2 Å². The van der Waals surface area contributed by atoms with Crippen molar-refractivity contribution in [3.05, 3.63) is 59.8 Å². The van der Waals surface area contributed by atoms with Crippen molar-refractivity contribution in [3.8, 4) is 11.5 Å². The molecule has 0 aliphatic heterocycles. The first kappa shape index (κ1) is 20.1. The monoisotopic (exact) mass is 373 g/mol. The van der Waals surface area contributed by atoms with Crippen LogP contribution in [0.2, 0.25) is 0 Å². The van der Waals surface area contributed by atoms with E-state index in [9.17, 15) is 0 Å². The molecule has 2 aromatic carbocycles. The van der Waals surface area contributed by atoms with Crippen LogP contribution in [0.5, 0.6) is 11.5 Å². The van der Waals surface area contributed by atoms with Gasteiger partial charge in [-0.15, -0.1) is 0 Å². The Bertz CT molecular complexity index is 817. The van der Waals surface area contributed by atoms with Crippen LogP contribution >= 0.6 is 0 Å². The quantitative estimate of drug-likeness (QED) is 0.556. The summed E-state index contributed by atoms with van der Waals surface area (Å²) in [7, 11) is 0. The highest BCUT2D eigenvalue weighted by Crippen LogP contribution is 2.28. The smallest absolute Gasteiger partial charge is 0.161 e. The molecule has 4 nitrogen and oxygen atoms in total. The van der Waals surface area contributed by atoms with Gasteiger partial charge in [-0.2, -0.15) is 0 Å². The molecule has 3 aromatic rings. The third-order valence-corrected chi connectivity index (χ3v) is 4.18. The summed E-state index contributed by atoms with van der Waals surface area (Å²) in [5.41, 5.74) is 3.75. The van der Waals surface area contributed by atoms with Crippen molar-refractivity contribution in [1.29, 1.82) is 0 Å². The fourth-order valence-corrected chi connectivity index (χ4v) is 3.00. The first-order valence-electron chi connectivity index (χ1n) is 8.96. The number of fused-ring (bicyclic) bond motifs is 1. The molecule has 0 fully saturated rings. The molecule has 26 heavy (non-hydrogen) atoms. The van der Waals surface area contributed by atoms with Crippen LogP contribution in [0.15, 0.2) is 48.7 Å². The lowest BCUT2D eigenvalue weighted by atomic mass is 10.1. The molecule has 0 unspecified atom stereocenters. The van der Waals surface area contributed by atoms with Gasteiger partial charge in [0, 0.05) is 23.6 Å². The molecule has 0 saturated carbocycles.